The molecular weight excluding hydrogens is 274 g/mol. The number of nitrogens with zero attached hydrogens (tertiary/aromatic N) is 2. The third kappa shape index (κ3) is 2.43. The van der Waals surface area contributed by atoms with Crippen molar-refractivity contribution in [1.82, 2.24) is 9.55 Å². The number of hydrogen-bond donors (Lipinski definition) is 1. The van der Waals surface area contributed by atoms with Gasteiger partial charge < -0.3 is 9.88 Å². The Morgan fingerprint density at radius 3 is 2.68 bits per heavy atom. The molecule has 1 N–H and O–H groups in total. The van der Waals surface area contributed by atoms with Gasteiger partial charge in [0.2, 0.25) is 5.91 Å². The molecule has 22 heavy (non-hydrogen) atoms. The van der Waals surface area contributed by atoms with Crippen molar-refractivity contribution < 1.29 is 4.79 Å². The first kappa shape index (κ1) is 13.6. The number of benzene rings is 1. The molecule has 1 saturated carbocycles. The Morgan fingerprint density at radius 2 is 1.91 bits per heavy atom. The Morgan fingerprint density at radius 1 is 1.14 bits per heavy atom. The average Bonchev–Trinajstić information content (AvgIpc) is 3.26. The Bertz CT molecular complexity index is 681. The number of hydrogen-bond acceptors (Lipinski definition) is 2. The molecule has 0 spiro atoms. The van der Waals surface area contributed by atoms with Crippen LogP contribution in [0.4, 0.5) is 5.69 Å². The first-order chi connectivity index (χ1) is 10.8. The molecule has 1 fully saturated rings. The van der Waals surface area contributed by atoms with Crippen molar-refractivity contribution in [3.63, 3.8) is 0 Å². The topological polar surface area (TPSA) is 46.9 Å². The zero-order valence-corrected chi connectivity index (χ0v) is 12.7. The molecule has 1 aromatic heterocycles. The third-order valence-electron chi connectivity index (χ3n) is 4.89. The molecule has 0 saturated heterocycles. The second kappa shape index (κ2) is 5.59. The summed E-state index contributed by atoms with van der Waals surface area (Å²) in [5, 5.41) is 3.05. The lowest BCUT2D eigenvalue weighted by atomic mass is 10.1. The number of fused-ring (bicyclic) bond motifs is 1. The van der Waals surface area contributed by atoms with Crippen LogP contribution in [0.15, 0.2) is 30.5 Å². The third-order valence-corrected chi connectivity index (χ3v) is 4.89. The summed E-state index contributed by atoms with van der Waals surface area (Å²) in [6.45, 7) is 1.06. The van der Waals surface area contributed by atoms with Crippen LogP contribution in [0.5, 0.6) is 0 Å². The van der Waals surface area contributed by atoms with E-state index in [1.807, 2.05) is 18.3 Å². The molecule has 2 aromatic rings. The van der Waals surface area contributed by atoms with Crippen molar-refractivity contribution in [1.29, 1.82) is 0 Å². The van der Waals surface area contributed by atoms with Gasteiger partial charge in [0, 0.05) is 24.6 Å². The van der Waals surface area contributed by atoms with Crippen molar-refractivity contribution in [2.75, 3.05) is 5.32 Å². The van der Waals surface area contributed by atoms with Gasteiger partial charge in [0.25, 0.3) is 0 Å². The van der Waals surface area contributed by atoms with Crippen LogP contribution in [0.2, 0.25) is 0 Å². The van der Waals surface area contributed by atoms with E-state index in [2.05, 4.69) is 27.0 Å². The summed E-state index contributed by atoms with van der Waals surface area (Å²) in [4.78, 5) is 16.6. The van der Waals surface area contributed by atoms with E-state index in [1.54, 1.807) is 0 Å². The highest BCUT2D eigenvalue weighted by Gasteiger charge is 2.22. The van der Waals surface area contributed by atoms with Gasteiger partial charge in [-0.25, -0.2) is 4.98 Å². The zero-order chi connectivity index (χ0) is 14.9. The van der Waals surface area contributed by atoms with E-state index in [9.17, 15) is 4.79 Å². The molecule has 4 nitrogen and oxygen atoms in total. The Kier molecular flexibility index (Phi) is 3.45. The summed E-state index contributed by atoms with van der Waals surface area (Å²) >= 11 is 0. The molecule has 0 atom stereocenters. The van der Waals surface area contributed by atoms with E-state index in [0.717, 1.165) is 31.5 Å². The maximum Gasteiger partial charge on any atom is 0.227 e. The quantitative estimate of drug-likeness (QED) is 0.940. The predicted molar refractivity (Wildman–Crippen MR) is 86.6 cm³/mol. The highest BCUT2D eigenvalue weighted by atomic mass is 16.1. The average molecular weight is 295 g/mol. The van der Waals surface area contributed by atoms with Gasteiger partial charge >= 0.3 is 0 Å². The first-order valence-electron chi connectivity index (χ1n) is 8.27. The number of rotatable bonds is 3. The monoisotopic (exact) mass is 295 g/mol. The van der Waals surface area contributed by atoms with Crippen LogP contribution in [-0.2, 0) is 17.8 Å². The summed E-state index contributed by atoms with van der Waals surface area (Å²) in [6.07, 6.45) is 8.66. The Hall–Kier alpha value is -2.10. The van der Waals surface area contributed by atoms with Crippen LogP contribution < -0.4 is 5.32 Å². The number of carbonyl (C=O) groups is 1. The number of carbonyl (C=O) groups excluding carboxylic acids is 1. The Balaban J connectivity index is 1.49. The maximum absolute atomic E-state index is 12.2. The summed E-state index contributed by atoms with van der Waals surface area (Å²) in [5.41, 5.74) is 3.24. The second-order valence-corrected chi connectivity index (χ2v) is 6.36. The van der Waals surface area contributed by atoms with Crippen LogP contribution in [0, 0.1) is 5.92 Å². The maximum atomic E-state index is 12.2. The molecular formula is C18H21N3O. The van der Waals surface area contributed by atoms with Gasteiger partial charge in [-0.15, -0.1) is 0 Å². The van der Waals surface area contributed by atoms with Gasteiger partial charge in [-0.3, -0.25) is 4.79 Å². The van der Waals surface area contributed by atoms with E-state index in [1.165, 1.54) is 36.3 Å². The standard InChI is InChI=1S/C18H21N3O/c22-18(14-4-1-2-5-14)20-15-9-7-13(8-10-15)16-12-19-17-6-3-11-21(16)17/h7-10,12,14H,1-6,11H2,(H,20,22). The Labute approximate surface area is 130 Å². The van der Waals surface area contributed by atoms with Gasteiger partial charge in [0.15, 0.2) is 0 Å². The predicted octanol–water partition coefficient (Wildman–Crippen LogP) is 3.63. The molecule has 2 heterocycles. The fourth-order valence-corrected chi connectivity index (χ4v) is 3.65. The van der Waals surface area contributed by atoms with E-state index in [0.29, 0.717) is 0 Å². The van der Waals surface area contributed by atoms with Crippen molar-refractivity contribution in [2.24, 2.45) is 5.92 Å². The van der Waals surface area contributed by atoms with Crippen molar-refractivity contribution in [3.05, 3.63) is 36.3 Å². The number of amides is 1. The molecule has 1 aliphatic carbocycles. The summed E-state index contributed by atoms with van der Waals surface area (Å²) < 4.78 is 2.30. The summed E-state index contributed by atoms with van der Waals surface area (Å²) in [6, 6.07) is 8.15. The molecule has 0 radical (unpaired) electrons. The van der Waals surface area contributed by atoms with Crippen molar-refractivity contribution in [2.45, 2.75) is 45.1 Å². The molecule has 0 unspecified atom stereocenters. The highest BCUT2D eigenvalue weighted by Crippen LogP contribution is 2.28. The molecule has 114 valence electrons. The molecule has 1 aromatic carbocycles. The molecule has 1 amide bonds. The highest BCUT2D eigenvalue weighted by molar-refractivity contribution is 5.92. The van der Waals surface area contributed by atoms with Gasteiger partial charge in [0.05, 0.1) is 11.9 Å². The second-order valence-electron chi connectivity index (χ2n) is 6.36. The fourth-order valence-electron chi connectivity index (χ4n) is 3.65. The van der Waals surface area contributed by atoms with Crippen molar-refractivity contribution in [3.8, 4) is 11.3 Å². The SMILES string of the molecule is O=C(Nc1ccc(-c2cnc3n2CCC3)cc1)C1CCCC1. The molecule has 2 aliphatic rings. The summed E-state index contributed by atoms with van der Waals surface area (Å²) in [5.74, 6) is 1.57. The normalized spacial score (nSPS) is 17.6. The molecule has 4 heteroatoms. The van der Waals surface area contributed by atoms with Crippen molar-refractivity contribution >= 4 is 11.6 Å². The van der Waals surface area contributed by atoms with Crippen LogP contribution >= 0.6 is 0 Å². The van der Waals surface area contributed by atoms with E-state index >= 15 is 0 Å². The zero-order valence-electron chi connectivity index (χ0n) is 12.7. The number of nitrogens with one attached hydrogen (secondary N) is 1. The minimum absolute atomic E-state index is 0.176. The molecule has 4 rings (SSSR count). The first-order valence-corrected chi connectivity index (χ1v) is 8.27. The number of anilines is 1. The van der Waals surface area contributed by atoms with Crippen LogP contribution in [0.1, 0.15) is 37.9 Å². The lowest BCUT2D eigenvalue weighted by Crippen LogP contribution is -2.20. The van der Waals surface area contributed by atoms with Gasteiger partial charge in [0.1, 0.15) is 5.82 Å². The van der Waals surface area contributed by atoms with E-state index in [4.69, 9.17) is 0 Å². The van der Waals surface area contributed by atoms with Gasteiger partial charge in [-0.2, -0.15) is 0 Å². The van der Waals surface area contributed by atoms with E-state index in [-0.39, 0.29) is 11.8 Å². The fraction of sp³-hybridized carbons (Fsp3) is 0.444. The minimum atomic E-state index is 0.176. The van der Waals surface area contributed by atoms with Gasteiger partial charge in [-0.05, 0) is 37.0 Å². The smallest absolute Gasteiger partial charge is 0.227 e. The van der Waals surface area contributed by atoms with Crippen LogP contribution in [-0.4, -0.2) is 15.5 Å². The molecule has 1 aliphatic heterocycles. The summed E-state index contributed by atoms with van der Waals surface area (Å²) in [7, 11) is 0. The number of aromatic nitrogens is 2. The number of aryl methyl sites for hydroxylation is 1. The lowest BCUT2D eigenvalue weighted by molar-refractivity contribution is -0.119. The van der Waals surface area contributed by atoms with E-state index < -0.39 is 0 Å². The van der Waals surface area contributed by atoms with Crippen LogP contribution in [0.3, 0.4) is 0 Å². The molecule has 0 bridgehead atoms. The lowest BCUT2D eigenvalue weighted by Gasteiger charge is -2.11. The van der Waals surface area contributed by atoms with Crippen LogP contribution in [0.25, 0.3) is 11.3 Å². The number of imidazole rings is 1. The van der Waals surface area contributed by atoms with Gasteiger partial charge in [-0.1, -0.05) is 25.0 Å². The minimum Gasteiger partial charge on any atom is -0.328 e. The largest absolute Gasteiger partial charge is 0.328 e.